The number of nitrogens with zero attached hydrogens (tertiary/aromatic N) is 2. The second-order valence-corrected chi connectivity index (χ2v) is 3.44. The topological polar surface area (TPSA) is 54.5 Å². The number of ether oxygens (including phenoxy) is 1. The quantitative estimate of drug-likeness (QED) is 0.771. The molecule has 84 valence electrons. The van der Waals surface area contributed by atoms with Crippen LogP contribution in [0.2, 0.25) is 0 Å². The van der Waals surface area contributed by atoms with Crippen molar-refractivity contribution in [2.45, 2.75) is 0 Å². The van der Waals surface area contributed by atoms with Crippen LogP contribution >= 0.6 is 0 Å². The number of hydrogen-bond donors (Lipinski definition) is 1. The highest BCUT2D eigenvalue weighted by Crippen LogP contribution is 2.29. The number of rotatable bonds is 3. The highest BCUT2D eigenvalue weighted by atomic mass is 16.5. The summed E-state index contributed by atoms with van der Waals surface area (Å²) in [5.74, 6) is 1.21. The third kappa shape index (κ3) is 1.84. The Morgan fingerprint density at radius 3 is 3.19 bits per heavy atom. The number of carbonyl (C=O) groups is 1. The van der Waals surface area contributed by atoms with Crippen molar-refractivity contribution in [1.29, 1.82) is 0 Å². The fraction of sp³-hybridized carbons (Fsp3) is 0.273. The zero-order valence-corrected chi connectivity index (χ0v) is 9.06. The zero-order valence-electron chi connectivity index (χ0n) is 9.06. The van der Waals surface area contributed by atoms with Crippen molar-refractivity contribution in [2.24, 2.45) is 0 Å². The predicted molar refractivity (Wildman–Crippen MR) is 61.8 cm³/mol. The molecule has 1 aromatic heterocycles. The smallest absolute Gasteiger partial charge is 0.244 e. The van der Waals surface area contributed by atoms with E-state index in [0.29, 0.717) is 24.7 Å². The number of methoxy groups -OCH3 is 1. The van der Waals surface area contributed by atoms with E-state index in [1.54, 1.807) is 25.3 Å². The average molecular weight is 219 g/mol. The predicted octanol–water partition coefficient (Wildman–Crippen LogP) is 1.03. The van der Waals surface area contributed by atoms with Crippen LogP contribution in [0, 0.1) is 0 Å². The maximum absolute atomic E-state index is 11.4. The van der Waals surface area contributed by atoms with Gasteiger partial charge in [0, 0.05) is 12.6 Å². The van der Waals surface area contributed by atoms with Crippen molar-refractivity contribution in [3.05, 3.63) is 24.8 Å². The maximum atomic E-state index is 11.4. The lowest BCUT2D eigenvalue weighted by molar-refractivity contribution is -0.115. The number of pyridine rings is 1. The molecule has 1 aliphatic rings. The maximum Gasteiger partial charge on any atom is 0.244 e. The van der Waals surface area contributed by atoms with E-state index in [-0.39, 0.29) is 5.91 Å². The van der Waals surface area contributed by atoms with Gasteiger partial charge in [0.05, 0.1) is 19.3 Å². The minimum Gasteiger partial charge on any atom is -0.481 e. The lowest BCUT2D eigenvalue weighted by atomic mass is 10.2. The van der Waals surface area contributed by atoms with Crippen LogP contribution < -0.4 is 15.0 Å². The van der Waals surface area contributed by atoms with Gasteiger partial charge in [0.15, 0.2) is 5.82 Å². The van der Waals surface area contributed by atoms with E-state index in [1.165, 1.54) is 0 Å². The molecule has 0 spiro atoms. The van der Waals surface area contributed by atoms with Gasteiger partial charge in [-0.15, -0.1) is 6.58 Å². The first-order valence-electron chi connectivity index (χ1n) is 4.95. The van der Waals surface area contributed by atoms with Crippen LogP contribution in [0.5, 0.6) is 5.88 Å². The number of nitrogens with one attached hydrogen (secondary N) is 1. The second-order valence-electron chi connectivity index (χ2n) is 3.44. The summed E-state index contributed by atoms with van der Waals surface area (Å²) < 4.78 is 5.06. The summed E-state index contributed by atoms with van der Waals surface area (Å²) in [6, 6.07) is 3.50. The Morgan fingerprint density at radius 2 is 2.50 bits per heavy atom. The van der Waals surface area contributed by atoms with Gasteiger partial charge in [-0.1, -0.05) is 6.08 Å². The molecule has 2 rings (SSSR count). The molecular formula is C11H13N3O2. The lowest BCUT2D eigenvalue weighted by Gasteiger charge is -2.28. The first-order chi connectivity index (χ1) is 7.74. The summed E-state index contributed by atoms with van der Waals surface area (Å²) in [5, 5.41) is 2.77. The van der Waals surface area contributed by atoms with Crippen LogP contribution in [0.3, 0.4) is 0 Å². The molecule has 16 heavy (non-hydrogen) atoms. The lowest BCUT2D eigenvalue weighted by Crippen LogP contribution is -2.38. The summed E-state index contributed by atoms with van der Waals surface area (Å²) >= 11 is 0. The van der Waals surface area contributed by atoms with Gasteiger partial charge >= 0.3 is 0 Å². The third-order valence-corrected chi connectivity index (χ3v) is 2.32. The minimum atomic E-state index is -0.0404. The first-order valence-corrected chi connectivity index (χ1v) is 4.95. The molecule has 0 saturated heterocycles. The van der Waals surface area contributed by atoms with E-state index in [9.17, 15) is 4.79 Å². The molecule has 0 aromatic carbocycles. The van der Waals surface area contributed by atoms with Crippen molar-refractivity contribution >= 4 is 17.4 Å². The molecule has 0 fully saturated rings. The molecular weight excluding hydrogens is 206 g/mol. The number of fused-ring (bicyclic) bond motifs is 1. The number of carbonyl (C=O) groups excluding carboxylic acids is 1. The molecule has 5 heteroatoms. The Kier molecular flexibility index (Phi) is 2.76. The van der Waals surface area contributed by atoms with E-state index in [0.717, 1.165) is 5.82 Å². The molecule has 0 radical (unpaired) electrons. The Hall–Kier alpha value is -2.04. The monoisotopic (exact) mass is 219 g/mol. The van der Waals surface area contributed by atoms with Gasteiger partial charge in [-0.05, 0) is 6.07 Å². The average Bonchev–Trinajstić information content (AvgIpc) is 2.29. The Labute approximate surface area is 93.7 Å². The van der Waals surface area contributed by atoms with Gasteiger partial charge in [-0.25, -0.2) is 0 Å². The number of amides is 1. The highest BCUT2D eigenvalue weighted by Gasteiger charge is 2.22. The van der Waals surface area contributed by atoms with Gasteiger partial charge in [0.1, 0.15) is 0 Å². The van der Waals surface area contributed by atoms with E-state index < -0.39 is 0 Å². The normalized spacial score (nSPS) is 14.1. The van der Waals surface area contributed by atoms with Crippen LogP contribution in [0.1, 0.15) is 0 Å². The van der Waals surface area contributed by atoms with E-state index in [4.69, 9.17) is 4.74 Å². The number of anilines is 2. The summed E-state index contributed by atoms with van der Waals surface area (Å²) in [7, 11) is 1.56. The fourth-order valence-corrected chi connectivity index (χ4v) is 1.63. The Bertz CT molecular complexity index is 431. The van der Waals surface area contributed by atoms with Crippen molar-refractivity contribution in [3.63, 3.8) is 0 Å². The molecule has 1 aromatic rings. The van der Waals surface area contributed by atoms with Gasteiger partial charge in [0.2, 0.25) is 11.8 Å². The summed E-state index contributed by atoms with van der Waals surface area (Å²) in [6.07, 6.45) is 1.74. The van der Waals surface area contributed by atoms with Gasteiger partial charge in [0.25, 0.3) is 0 Å². The van der Waals surface area contributed by atoms with Crippen LogP contribution in [-0.4, -0.2) is 31.1 Å². The molecule has 0 aliphatic carbocycles. The zero-order chi connectivity index (χ0) is 11.5. The standard InChI is InChI=1S/C11H13N3O2/c1-3-6-14-7-9(15)12-8-4-5-10(16-2)13-11(8)14/h3-5H,1,6-7H2,2H3,(H,12,15). The largest absolute Gasteiger partial charge is 0.481 e. The summed E-state index contributed by atoms with van der Waals surface area (Å²) in [4.78, 5) is 17.6. The van der Waals surface area contributed by atoms with Gasteiger partial charge in [-0.3, -0.25) is 4.79 Å². The van der Waals surface area contributed by atoms with Gasteiger partial charge in [-0.2, -0.15) is 4.98 Å². The first kappa shape index (κ1) is 10.5. The van der Waals surface area contributed by atoms with Gasteiger partial charge < -0.3 is 15.0 Å². The molecule has 1 aliphatic heterocycles. The molecule has 0 atom stereocenters. The molecule has 5 nitrogen and oxygen atoms in total. The molecule has 1 N–H and O–H groups in total. The molecule has 0 saturated carbocycles. The molecule has 1 amide bonds. The minimum absolute atomic E-state index is 0.0404. The van der Waals surface area contributed by atoms with E-state index in [2.05, 4.69) is 16.9 Å². The fourth-order valence-electron chi connectivity index (χ4n) is 1.63. The summed E-state index contributed by atoms with van der Waals surface area (Å²) in [5.41, 5.74) is 0.707. The molecule has 0 bridgehead atoms. The summed E-state index contributed by atoms with van der Waals surface area (Å²) in [6.45, 7) is 4.54. The molecule has 2 heterocycles. The van der Waals surface area contributed by atoms with Crippen LogP contribution in [0.4, 0.5) is 11.5 Å². The van der Waals surface area contributed by atoms with Crippen molar-refractivity contribution in [2.75, 3.05) is 30.4 Å². The van der Waals surface area contributed by atoms with Crippen LogP contribution in [0.15, 0.2) is 24.8 Å². The van der Waals surface area contributed by atoms with E-state index >= 15 is 0 Å². The SMILES string of the molecule is C=CCN1CC(=O)Nc2ccc(OC)nc21. The van der Waals surface area contributed by atoms with Crippen LogP contribution in [-0.2, 0) is 4.79 Å². The van der Waals surface area contributed by atoms with Crippen molar-refractivity contribution < 1.29 is 9.53 Å². The number of hydrogen-bond acceptors (Lipinski definition) is 4. The van der Waals surface area contributed by atoms with Crippen molar-refractivity contribution in [1.82, 2.24) is 4.98 Å². The van der Waals surface area contributed by atoms with Crippen LogP contribution in [0.25, 0.3) is 0 Å². The van der Waals surface area contributed by atoms with E-state index in [1.807, 2.05) is 4.90 Å². The third-order valence-electron chi connectivity index (χ3n) is 2.32. The highest BCUT2D eigenvalue weighted by molar-refractivity contribution is 6.00. The second kappa shape index (κ2) is 4.22. The Balaban J connectivity index is 2.40. The number of aromatic nitrogens is 1. The Morgan fingerprint density at radius 1 is 1.69 bits per heavy atom. The van der Waals surface area contributed by atoms with Crippen molar-refractivity contribution in [3.8, 4) is 5.88 Å². The molecule has 0 unspecified atom stereocenters.